The van der Waals surface area contributed by atoms with Gasteiger partial charge in [-0.3, -0.25) is 4.90 Å². The molecule has 0 spiro atoms. The molecule has 0 atom stereocenters. The third-order valence-corrected chi connectivity index (χ3v) is 7.53. The van der Waals surface area contributed by atoms with E-state index in [9.17, 15) is 9.59 Å². The summed E-state index contributed by atoms with van der Waals surface area (Å²) in [4.78, 5) is 27.7. The van der Waals surface area contributed by atoms with Crippen molar-refractivity contribution in [3.8, 4) is 16.9 Å². The molecular weight excluding hydrogens is 581 g/mol. The number of halogens is 3. The minimum Gasteiger partial charge on any atom is -0.478 e. The molecule has 3 aromatic carbocycles. The molecule has 5 aromatic rings. The lowest BCUT2D eigenvalue weighted by molar-refractivity contribution is 0.0968. The monoisotopic (exact) mass is 597 g/mol. The molecule has 0 aliphatic carbocycles. The summed E-state index contributed by atoms with van der Waals surface area (Å²) in [7, 11) is 0. The van der Waals surface area contributed by atoms with Crippen LogP contribution in [0.25, 0.3) is 33.1 Å². The Balaban J connectivity index is 1.39. The molecule has 0 unspecified atom stereocenters. The highest BCUT2D eigenvalue weighted by Crippen LogP contribution is 2.36. The summed E-state index contributed by atoms with van der Waals surface area (Å²) in [5.41, 5.74) is 2.24. The fourth-order valence-corrected chi connectivity index (χ4v) is 5.51. The van der Waals surface area contributed by atoms with Gasteiger partial charge in [0.25, 0.3) is 0 Å². The van der Waals surface area contributed by atoms with Gasteiger partial charge in [0.2, 0.25) is 0 Å². The van der Waals surface area contributed by atoms with E-state index >= 15 is 0 Å². The molecule has 3 heterocycles. The zero-order valence-electron chi connectivity index (χ0n) is 19.2. The molecule has 9 heteroatoms. The quantitative estimate of drug-likeness (QED) is 0.207. The molecule has 37 heavy (non-hydrogen) atoms. The topological polar surface area (TPSA) is 72.9 Å². The summed E-state index contributed by atoms with van der Waals surface area (Å²) in [6, 6.07) is 17.6. The van der Waals surface area contributed by atoms with Gasteiger partial charge in [-0.2, -0.15) is 0 Å². The van der Waals surface area contributed by atoms with Crippen LogP contribution in [0.1, 0.15) is 11.1 Å². The summed E-state index contributed by atoms with van der Waals surface area (Å²) in [6.07, 6.45) is 0.697. The van der Waals surface area contributed by atoms with Crippen LogP contribution in [0.15, 0.2) is 83.6 Å². The van der Waals surface area contributed by atoms with E-state index in [2.05, 4.69) is 20.8 Å². The Kier molecular flexibility index (Phi) is 6.32. The lowest BCUT2D eigenvalue weighted by Gasteiger charge is -2.29. The Morgan fingerprint density at radius 1 is 0.919 bits per heavy atom. The highest BCUT2D eigenvalue weighted by molar-refractivity contribution is 9.10. The van der Waals surface area contributed by atoms with Gasteiger partial charge in [0, 0.05) is 50.0 Å². The average molecular weight is 599 g/mol. The molecule has 0 saturated heterocycles. The van der Waals surface area contributed by atoms with Crippen molar-refractivity contribution in [3.05, 3.63) is 107 Å². The first-order chi connectivity index (χ1) is 17.9. The van der Waals surface area contributed by atoms with Crippen LogP contribution in [0.2, 0.25) is 10.0 Å². The SMILES string of the molecule is O=c1cc(-c2cc3cc(Br)ccc3oc2=O)c2ccc3c(c2o1)CN(CCc1ccc(Cl)cc1Cl)CO3. The maximum Gasteiger partial charge on any atom is 0.344 e. The summed E-state index contributed by atoms with van der Waals surface area (Å²) in [6.45, 7) is 1.56. The first-order valence-electron chi connectivity index (χ1n) is 11.5. The molecular formula is C28H18BrCl2NO5. The number of hydrogen-bond acceptors (Lipinski definition) is 6. The van der Waals surface area contributed by atoms with E-state index in [0.717, 1.165) is 21.0 Å². The molecule has 6 nitrogen and oxygen atoms in total. The van der Waals surface area contributed by atoms with Crippen molar-refractivity contribution >= 4 is 61.1 Å². The molecule has 0 fully saturated rings. The normalized spacial score (nSPS) is 13.6. The van der Waals surface area contributed by atoms with Crippen molar-refractivity contribution in [3.63, 3.8) is 0 Å². The smallest absolute Gasteiger partial charge is 0.344 e. The van der Waals surface area contributed by atoms with Gasteiger partial charge >= 0.3 is 11.3 Å². The average Bonchev–Trinajstić information content (AvgIpc) is 2.87. The van der Waals surface area contributed by atoms with Crippen LogP contribution in [0, 0.1) is 0 Å². The Bertz CT molecular complexity index is 1810. The molecule has 2 aromatic heterocycles. The number of hydrogen-bond donors (Lipinski definition) is 0. The highest BCUT2D eigenvalue weighted by Gasteiger charge is 2.24. The second kappa shape index (κ2) is 9.65. The Labute approximate surface area is 229 Å². The third-order valence-electron chi connectivity index (χ3n) is 6.45. The first kappa shape index (κ1) is 24.2. The number of fused-ring (bicyclic) bond motifs is 4. The van der Waals surface area contributed by atoms with E-state index in [-0.39, 0.29) is 5.56 Å². The third kappa shape index (κ3) is 4.68. The van der Waals surface area contributed by atoms with Gasteiger partial charge in [0.05, 0.1) is 11.1 Å². The van der Waals surface area contributed by atoms with Crippen LogP contribution in [0.3, 0.4) is 0 Å². The fourth-order valence-electron chi connectivity index (χ4n) is 4.63. The van der Waals surface area contributed by atoms with E-state index in [0.29, 0.717) is 64.2 Å². The van der Waals surface area contributed by atoms with Gasteiger partial charge in [0.15, 0.2) is 0 Å². The van der Waals surface area contributed by atoms with Gasteiger partial charge in [-0.15, -0.1) is 0 Å². The Morgan fingerprint density at radius 3 is 2.62 bits per heavy atom. The van der Waals surface area contributed by atoms with Crippen LogP contribution in [0.4, 0.5) is 0 Å². The summed E-state index contributed by atoms with van der Waals surface area (Å²) >= 11 is 15.8. The van der Waals surface area contributed by atoms with Gasteiger partial charge in [0.1, 0.15) is 23.6 Å². The van der Waals surface area contributed by atoms with E-state index in [1.807, 2.05) is 24.3 Å². The standard InChI is InChI=1S/C28H18BrCl2NO5/c29-17-2-5-24-16(9-17)10-21(28(34)36-24)20-12-26(33)37-27-19(20)4-6-25-22(27)13-32(14-35-25)8-7-15-1-3-18(30)11-23(15)31/h1-6,9-12H,7-8,13-14H2. The Morgan fingerprint density at radius 2 is 1.78 bits per heavy atom. The summed E-state index contributed by atoms with van der Waals surface area (Å²) in [5, 5.41) is 2.58. The van der Waals surface area contributed by atoms with Gasteiger partial charge in [-0.1, -0.05) is 45.2 Å². The highest BCUT2D eigenvalue weighted by atomic mass is 79.9. The molecule has 1 aliphatic heterocycles. The van der Waals surface area contributed by atoms with Crippen molar-refractivity contribution in [2.75, 3.05) is 13.3 Å². The molecule has 1 aliphatic rings. The number of rotatable bonds is 4. The van der Waals surface area contributed by atoms with Crippen LogP contribution in [-0.4, -0.2) is 18.2 Å². The van der Waals surface area contributed by atoms with Crippen molar-refractivity contribution in [1.82, 2.24) is 4.90 Å². The van der Waals surface area contributed by atoms with E-state index in [1.54, 1.807) is 30.3 Å². The predicted molar refractivity (Wildman–Crippen MR) is 148 cm³/mol. The van der Waals surface area contributed by atoms with E-state index in [4.69, 9.17) is 36.8 Å². The van der Waals surface area contributed by atoms with Crippen molar-refractivity contribution in [2.45, 2.75) is 13.0 Å². The van der Waals surface area contributed by atoms with Crippen LogP contribution >= 0.6 is 39.1 Å². The number of nitrogens with zero attached hydrogens (tertiary/aromatic N) is 1. The maximum atomic E-state index is 12.9. The molecule has 0 saturated carbocycles. The van der Waals surface area contributed by atoms with Gasteiger partial charge in [-0.05, 0) is 60.5 Å². The Hall–Kier alpha value is -3.10. The number of ether oxygens (including phenoxy) is 1. The molecule has 0 radical (unpaired) electrons. The zero-order valence-corrected chi connectivity index (χ0v) is 22.3. The molecule has 0 bridgehead atoms. The minimum absolute atomic E-state index is 0.286. The lowest BCUT2D eigenvalue weighted by Crippen LogP contribution is -2.33. The molecule has 0 amide bonds. The van der Waals surface area contributed by atoms with Crippen molar-refractivity contribution < 1.29 is 13.6 Å². The summed E-state index contributed by atoms with van der Waals surface area (Å²) < 4.78 is 18.1. The predicted octanol–water partition coefficient (Wildman–Crippen LogP) is 7.03. The second-order valence-corrected chi connectivity index (χ2v) is 10.6. The molecule has 186 valence electrons. The van der Waals surface area contributed by atoms with Gasteiger partial charge in [-0.25, -0.2) is 9.59 Å². The molecule has 0 N–H and O–H groups in total. The van der Waals surface area contributed by atoms with Crippen LogP contribution in [0.5, 0.6) is 5.75 Å². The molecule has 6 rings (SSSR count). The minimum atomic E-state index is -0.560. The second-order valence-electron chi connectivity index (χ2n) is 8.84. The summed E-state index contributed by atoms with van der Waals surface area (Å²) in [5.74, 6) is 0.642. The first-order valence-corrected chi connectivity index (χ1v) is 13.0. The fraction of sp³-hybridized carbons (Fsp3) is 0.143. The van der Waals surface area contributed by atoms with Crippen molar-refractivity contribution in [2.24, 2.45) is 0 Å². The van der Waals surface area contributed by atoms with E-state index < -0.39 is 11.3 Å². The van der Waals surface area contributed by atoms with Crippen LogP contribution < -0.4 is 16.0 Å². The zero-order chi connectivity index (χ0) is 25.7. The van der Waals surface area contributed by atoms with Crippen LogP contribution in [-0.2, 0) is 13.0 Å². The largest absolute Gasteiger partial charge is 0.478 e. The van der Waals surface area contributed by atoms with Crippen molar-refractivity contribution in [1.29, 1.82) is 0 Å². The van der Waals surface area contributed by atoms with Gasteiger partial charge < -0.3 is 13.6 Å². The number of benzene rings is 3. The lowest BCUT2D eigenvalue weighted by atomic mass is 9.99. The maximum absolute atomic E-state index is 12.9. The van der Waals surface area contributed by atoms with E-state index in [1.165, 1.54) is 6.07 Å².